The summed E-state index contributed by atoms with van der Waals surface area (Å²) >= 11 is 0. The summed E-state index contributed by atoms with van der Waals surface area (Å²) in [7, 11) is 0. The van der Waals surface area contributed by atoms with Crippen molar-refractivity contribution in [3.05, 3.63) is 59.9 Å². The largest absolute Gasteiger partial charge is 0.466 e. The first-order valence-electron chi connectivity index (χ1n) is 10.8. The summed E-state index contributed by atoms with van der Waals surface area (Å²) in [5, 5.41) is 0. The van der Waals surface area contributed by atoms with E-state index in [1.165, 1.54) is 18.9 Å². The molecule has 0 aromatic heterocycles. The summed E-state index contributed by atoms with van der Waals surface area (Å²) in [5.74, 6) is -0.370. The Labute approximate surface area is 177 Å². The van der Waals surface area contributed by atoms with Gasteiger partial charge in [0.05, 0.1) is 17.6 Å². The molecule has 0 N–H and O–H groups in total. The third-order valence-electron chi connectivity index (χ3n) is 6.40. The molecule has 2 aromatic rings. The first kappa shape index (κ1) is 20.6. The summed E-state index contributed by atoms with van der Waals surface area (Å²) in [6.45, 7) is 3.06. The average Bonchev–Trinajstić information content (AvgIpc) is 3.58. The lowest BCUT2D eigenvalue weighted by Crippen LogP contribution is -2.47. The van der Waals surface area contributed by atoms with Gasteiger partial charge in [0.25, 0.3) is 5.91 Å². The summed E-state index contributed by atoms with van der Waals surface area (Å²) in [6.07, 6.45) is 4.31. The predicted octanol–water partition coefficient (Wildman–Crippen LogP) is 5.08. The molecule has 4 nitrogen and oxygen atoms in total. The number of carbonyl (C=O) groups excluding carboxylic acids is 2. The highest BCUT2D eigenvalue weighted by molar-refractivity contribution is 6.01. The van der Waals surface area contributed by atoms with Crippen LogP contribution >= 0.6 is 0 Å². The minimum Gasteiger partial charge on any atom is -0.466 e. The highest BCUT2D eigenvalue weighted by atomic mass is 19.1. The number of hydrogen-bond acceptors (Lipinski definition) is 3. The zero-order chi connectivity index (χ0) is 21.1. The van der Waals surface area contributed by atoms with Crippen LogP contribution in [-0.2, 0) is 9.53 Å². The van der Waals surface area contributed by atoms with Gasteiger partial charge in [-0.2, -0.15) is 0 Å². The summed E-state index contributed by atoms with van der Waals surface area (Å²) in [6, 6.07) is 14.1. The van der Waals surface area contributed by atoms with Gasteiger partial charge in [-0.1, -0.05) is 55.3 Å². The molecule has 0 bridgehead atoms. The lowest BCUT2D eigenvalue weighted by atomic mass is 9.74. The number of esters is 1. The van der Waals surface area contributed by atoms with Crippen LogP contribution in [0.1, 0.15) is 49.4 Å². The van der Waals surface area contributed by atoms with Gasteiger partial charge in [-0.25, -0.2) is 4.39 Å². The lowest BCUT2D eigenvalue weighted by molar-refractivity contribution is -0.159. The van der Waals surface area contributed by atoms with Gasteiger partial charge in [-0.3, -0.25) is 9.59 Å². The Morgan fingerprint density at radius 2 is 1.77 bits per heavy atom. The van der Waals surface area contributed by atoms with Crippen LogP contribution in [0, 0.1) is 17.2 Å². The molecule has 1 aliphatic carbocycles. The van der Waals surface area contributed by atoms with Gasteiger partial charge in [0.2, 0.25) is 0 Å². The van der Waals surface area contributed by atoms with Crippen molar-refractivity contribution in [3.63, 3.8) is 0 Å². The Kier molecular flexibility index (Phi) is 5.89. The lowest BCUT2D eigenvalue weighted by Gasteiger charge is -2.40. The molecule has 0 radical (unpaired) electrons. The van der Waals surface area contributed by atoms with Crippen molar-refractivity contribution in [1.82, 2.24) is 4.90 Å². The summed E-state index contributed by atoms with van der Waals surface area (Å²) < 4.78 is 20.2. The number of nitrogens with zero attached hydrogens (tertiary/aromatic N) is 1. The van der Waals surface area contributed by atoms with E-state index in [9.17, 15) is 14.0 Å². The van der Waals surface area contributed by atoms with Gasteiger partial charge in [-0.15, -0.1) is 0 Å². The molecule has 2 aromatic carbocycles. The van der Waals surface area contributed by atoms with Crippen LogP contribution < -0.4 is 0 Å². The second kappa shape index (κ2) is 8.58. The Morgan fingerprint density at radius 1 is 1.07 bits per heavy atom. The van der Waals surface area contributed by atoms with E-state index in [2.05, 4.69) is 0 Å². The standard InChI is InChI=1S/C25H28FNO3/c1-2-30-24(29)25(17-18-11-12-18)13-15-27(16-14-25)23(28)22-20(9-6-10-21(22)26)19-7-4-3-5-8-19/h3-10,18H,2,11-17H2,1H3. The Hall–Kier alpha value is -2.69. The number of benzene rings is 2. The number of likely N-dealkylation sites (tertiary alicyclic amines) is 1. The maximum absolute atomic E-state index is 14.8. The minimum absolute atomic E-state index is 0.106. The van der Waals surface area contributed by atoms with Gasteiger partial charge in [0, 0.05) is 13.1 Å². The van der Waals surface area contributed by atoms with E-state index in [1.807, 2.05) is 37.3 Å². The highest BCUT2D eigenvalue weighted by Gasteiger charge is 2.47. The van der Waals surface area contributed by atoms with E-state index in [4.69, 9.17) is 4.74 Å². The van der Waals surface area contributed by atoms with Gasteiger partial charge >= 0.3 is 5.97 Å². The molecule has 2 aliphatic rings. The van der Waals surface area contributed by atoms with Crippen molar-refractivity contribution >= 4 is 11.9 Å². The fourth-order valence-electron chi connectivity index (χ4n) is 4.55. The molecule has 0 spiro atoms. The molecular formula is C25H28FNO3. The molecule has 1 saturated carbocycles. The number of amides is 1. The van der Waals surface area contributed by atoms with Crippen LogP contribution in [0.5, 0.6) is 0 Å². The average molecular weight is 410 g/mol. The fourth-order valence-corrected chi connectivity index (χ4v) is 4.55. The van der Waals surface area contributed by atoms with Crippen molar-refractivity contribution < 1.29 is 18.7 Å². The second-order valence-corrected chi connectivity index (χ2v) is 8.47. The van der Waals surface area contributed by atoms with E-state index in [-0.39, 0.29) is 17.4 Å². The number of halogens is 1. The minimum atomic E-state index is -0.512. The normalized spacial score (nSPS) is 18.1. The number of carbonyl (C=O) groups is 2. The highest BCUT2D eigenvalue weighted by Crippen LogP contribution is 2.46. The van der Waals surface area contributed by atoms with Crippen LogP contribution in [0.3, 0.4) is 0 Å². The van der Waals surface area contributed by atoms with Crippen LogP contribution in [0.15, 0.2) is 48.5 Å². The molecule has 0 unspecified atom stereocenters. The molecule has 1 amide bonds. The Morgan fingerprint density at radius 3 is 2.40 bits per heavy atom. The van der Waals surface area contributed by atoms with Crippen molar-refractivity contribution in [2.45, 2.75) is 39.0 Å². The van der Waals surface area contributed by atoms with Crippen molar-refractivity contribution in [2.75, 3.05) is 19.7 Å². The molecular weight excluding hydrogens is 381 g/mol. The smallest absolute Gasteiger partial charge is 0.312 e. The molecule has 1 saturated heterocycles. The van der Waals surface area contributed by atoms with Gasteiger partial charge in [0.1, 0.15) is 5.82 Å². The molecule has 158 valence electrons. The second-order valence-electron chi connectivity index (χ2n) is 8.47. The van der Waals surface area contributed by atoms with Crippen LogP contribution in [0.2, 0.25) is 0 Å². The van der Waals surface area contributed by atoms with Gasteiger partial charge < -0.3 is 9.64 Å². The molecule has 4 rings (SSSR count). The summed E-state index contributed by atoms with van der Waals surface area (Å²) in [4.78, 5) is 27.8. The molecule has 0 atom stereocenters. The molecule has 30 heavy (non-hydrogen) atoms. The van der Waals surface area contributed by atoms with E-state index < -0.39 is 11.2 Å². The molecule has 1 heterocycles. The fraction of sp³-hybridized carbons (Fsp3) is 0.440. The number of piperidine rings is 1. The Balaban J connectivity index is 1.55. The van der Waals surface area contributed by atoms with E-state index in [1.54, 1.807) is 17.0 Å². The van der Waals surface area contributed by atoms with Crippen LogP contribution in [0.4, 0.5) is 4.39 Å². The maximum atomic E-state index is 14.8. The first-order valence-corrected chi connectivity index (χ1v) is 10.8. The van der Waals surface area contributed by atoms with Gasteiger partial charge in [-0.05, 0) is 49.3 Å². The van der Waals surface area contributed by atoms with Crippen molar-refractivity contribution in [1.29, 1.82) is 0 Å². The van der Waals surface area contributed by atoms with Crippen LogP contribution in [-0.4, -0.2) is 36.5 Å². The zero-order valence-corrected chi connectivity index (χ0v) is 17.4. The van der Waals surface area contributed by atoms with Gasteiger partial charge in [0.15, 0.2) is 0 Å². The predicted molar refractivity (Wildman–Crippen MR) is 113 cm³/mol. The summed E-state index contributed by atoms with van der Waals surface area (Å²) in [5.41, 5.74) is 1.01. The number of rotatable bonds is 6. The molecule has 2 fully saturated rings. The van der Waals surface area contributed by atoms with E-state index >= 15 is 0 Å². The number of hydrogen-bond donors (Lipinski definition) is 0. The van der Waals surface area contributed by atoms with Crippen molar-refractivity contribution in [2.24, 2.45) is 11.3 Å². The van der Waals surface area contributed by atoms with Crippen molar-refractivity contribution in [3.8, 4) is 11.1 Å². The quantitative estimate of drug-likeness (QED) is 0.625. The number of ether oxygens (including phenoxy) is 1. The maximum Gasteiger partial charge on any atom is 0.312 e. The zero-order valence-electron chi connectivity index (χ0n) is 17.4. The topological polar surface area (TPSA) is 46.6 Å². The van der Waals surface area contributed by atoms with E-state index in [0.29, 0.717) is 44.0 Å². The Bertz CT molecular complexity index is 915. The third-order valence-corrected chi connectivity index (χ3v) is 6.40. The third kappa shape index (κ3) is 4.11. The first-order chi connectivity index (χ1) is 14.5. The van der Waals surface area contributed by atoms with E-state index in [0.717, 1.165) is 12.0 Å². The molecule has 1 aliphatic heterocycles. The van der Waals surface area contributed by atoms with Crippen LogP contribution in [0.25, 0.3) is 11.1 Å². The SMILES string of the molecule is CCOC(=O)C1(CC2CC2)CCN(C(=O)c2c(F)cccc2-c2ccccc2)CC1. The molecule has 5 heteroatoms. The monoisotopic (exact) mass is 409 g/mol.